The first kappa shape index (κ1) is 16.4. The van der Waals surface area contributed by atoms with Gasteiger partial charge in [-0.25, -0.2) is 4.79 Å². The number of amides is 1. The van der Waals surface area contributed by atoms with Gasteiger partial charge in [0.05, 0.1) is 24.8 Å². The quantitative estimate of drug-likeness (QED) is 0.648. The van der Waals surface area contributed by atoms with E-state index in [1.807, 2.05) is 0 Å². The van der Waals surface area contributed by atoms with Crippen LogP contribution in [0.4, 0.5) is 5.69 Å². The van der Waals surface area contributed by atoms with Crippen molar-refractivity contribution in [1.82, 2.24) is 9.97 Å². The Hall–Kier alpha value is -2.96. The van der Waals surface area contributed by atoms with Gasteiger partial charge in [-0.2, -0.15) is 0 Å². The summed E-state index contributed by atoms with van der Waals surface area (Å²) in [6.45, 7) is 3.03. The molecule has 0 bridgehead atoms. The number of esters is 1. The highest BCUT2D eigenvalue weighted by molar-refractivity contribution is 6.02. The van der Waals surface area contributed by atoms with Crippen LogP contribution in [0.5, 0.6) is 0 Å². The molecule has 7 nitrogen and oxygen atoms in total. The molecule has 0 radical (unpaired) electrons. The Bertz CT molecular complexity index is 750. The highest BCUT2D eigenvalue weighted by atomic mass is 16.5. The molecule has 0 aromatic carbocycles. The van der Waals surface area contributed by atoms with Gasteiger partial charge in [0.1, 0.15) is 0 Å². The van der Waals surface area contributed by atoms with Crippen LogP contribution in [0.25, 0.3) is 0 Å². The van der Waals surface area contributed by atoms with E-state index in [4.69, 9.17) is 4.74 Å². The summed E-state index contributed by atoms with van der Waals surface area (Å²) in [6, 6.07) is 3.31. The summed E-state index contributed by atoms with van der Waals surface area (Å²) < 4.78 is 4.74. The number of hydrogen-bond donors (Lipinski definition) is 2. The third-order valence-corrected chi connectivity index (χ3v) is 3.37. The molecule has 0 saturated carbocycles. The predicted molar refractivity (Wildman–Crippen MR) is 83.4 cm³/mol. The standard InChI is InChI=1S/C16H17N3O4/c1-9-14(16(22)23-3)12(19-15(9)10(2)20)8-13(21)18-11-4-6-17-7-5-11/h4-7,19H,8H2,1-3H3,(H,17,18,21). The van der Waals surface area contributed by atoms with Gasteiger partial charge in [0.15, 0.2) is 5.78 Å². The molecule has 2 heterocycles. The number of aromatic amines is 1. The maximum absolute atomic E-state index is 12.1. The number of Topliss-reactive ketones (excluding diaryl/α,β-unsaturated/α-hetero) is 1. The Morgan fingerprint density at radius 2 is 1.91 bits per heavy atom. The molecule has 2 aromatic heterocycles. The summed E-state index contributed by atoms with van der Waals surface area (Å²) >= 11 is 0. The Kier molecular flexibility index (Phi) is 4.90. The molecule has 23 heavy (non-hydrogen) atoms. The van der Waals surface area contributed by atoms with Crippen LogP contribution >= 0.6 is 0 Å². The molecule has 0 atom stereocenters. The summed E-state index contributed by atoms with van der Waals surface area (Å²) in [5, 5.41) is 2.70. The first-order chi connectivity index (χ1) is 10.9. The van der Waals surface area contributed by atoms with Crippen molar-refractivity contribution in [3.63, 3.8) is 0 Å². The molecule has 2 N–H and O–H groups in total. The molecule has 2 aromatic rings. The minimum absolute atomic E-state index is 0.0825. The number of rotatable bonds is 5. The Morgan fingerprint density at radius 1 is 1.26 bits per heavy atom. The Balaban J connectivity index is 2.28. The van der Waals surface area contributed by atoms with Crippen LogP contribution in [0.3, 0.4) is 0 Å². The van der Waals surface area contributed by atoms with E-state index in [2.05, 4.69) is 15.3 Å². The Morgan fingerprint density at radius 3 is 2.48 bits per heavy atom. The number of hydrogen-bond acceptors (Lipinski definition) is 5. The number of ketones is 1. The van der Waals surface area contributed by atoms with Crippen LogP contribution < -0.4 is 5.32 Å². The minimum atomic E-state index is -0.585. The number of nitrogens with zero attached hydrogens (tertiary/aromatic N) is 1. The molecular formula is C16H17N3O4. The monoisotopic (exact) mass is 315 g/mol. The first-order valence-electron chi connectivity index (χ1n) is 6.94. The van der Waals surface area contributed by atoms with Crippen LogP contribution in [0.2, 0.25) is 0 Å². The molecule has 7 heteroatoms. The molecule has 0 saturated heterocycles. The molecule has 0 aliphatic rings. The molecule has 0 aliphatic carbocycles. The molecule has 0 unspecified atom stereocenters. The second kappa shape index (κ2) is 6.87. The van der Waals surface area contributed by atoms with Gasteiger partial charge in [0.25, 0.3) is 0 Å². The molecule has 0 aliphatic heterocycles. The van der Waals surface area contributed by atoms with Gasteiger partial charge in [-0.15, -0.1) is 0 Å². The summed E-state index contributed by atoms with van der Waals surface area (Å²) in [5.74, 6) is -1.12. The summed E-state index contributed by atoms with van der Waals surface area (Å²) in [7, 11) is 1.25. The lowest BCUT2D eigenvalue weighted by Gasteiger charge is -2.06. The van der Waals surface area contributed by atoms with E-state index in [0.717, 1.165) is 0 Å². The average Bonchev–Trinajstić information content (AvgIpc) is 2.84. The number of anilines is 1. The van der Waals surface area contributed by atoms with E-state index >= 15 is 0 Å². The van der Waals surface area contributed by atoms with E-state index < -0.39 is 5.97 Å². The van der Waals surface area contributed by atoms with Crippen LogP contribution in [0, 0.1) is 6.92 Å². The average molecular weight is 315 g/mol. The van der Waals surface area contributed by atoms with Crippen molar-refractivity contribution in [2.24, 2.45) is 0 Å². The third-order valence-electron chi connectivity index (χ3n) is 3.37. The van der Waals surface area contributed by atoms with Crippen molar-refractivity contribution in [2.45, 2.75) is 20.3 Å². The molecule has 0 spiro atoms. The first-order valence-corrected chi connectivity index (χ1v) is 6.94. The van der Waals surface area contributed by atoms with Crippen LogP contribution in [0.1, 0.15) is 39.0 Å². The fourth-order valence-corrected chi connectivity index (χ4v) is 2.32. The van der Waals surface area contributed by atoms with Crippen LogP contribution in [-0.2, 0) is 16.0 Å². The fourth-order valence-electron chi connectivity index (χ4n) is 2.32. The number of H-pyrrole nitrogens is 1. The number of carbonyl (C=O) groups is 3. The smallest absolute Gasteiger partial charge is 0.339 e. The van der Waals surface area contributed by atoms with Crippen molar-refractivity contribution in [3.8, 4) is 0 Å². The SMILES string of the molecule is COC(=O)c1c(CC(=O)Nc2ccncc2)[nH]c(C(C)=O)c1C. The summed E-state index contributed by atoms with van der Waals surface area (Å²) in [5.41, 5.74) is 1.96. The molecule has 120 valence electrons. The van der Waals surface area contributed by atoms with Gasteiger partial charge in [-0.3, -0.25) is 14.6 Å². The largest absolute Gasteiger partial charge is 0.465 e. The highest BCUT2D eigenvalue weighted by Gasteiger charge is 2.24. The van der Waals surface area contributed by atoms with Crippen molar-refractivity contribution in [2.75, 3.05) is 12.4 Å². The molecular weight excluding hydrogens is 298 g/mol. The molecule has 1 amide bonds. The van der Waals surface area contributed by atoms with Gasteiger partial charge in [-0.1, -0.05) is 0 Å². The summed E-state index contributed by atoms with van der Waals surface area (Å²) in [4.78, 5) is 42.4. The van der Waals surface area contributed by atoms with Gasteiger partial charge in [0, 0.05) is 30.7 Å². The van der Waals surface area contributed by atoms with Gasteiger partial charge >= 0.3 is 5.97 Å². The zero-order valence-electron chi connectivity index (χ0n) is 13.1. The zero-order valence-corrected chi connectivity index (χ0v) is 13.1. The van der Waals surface area contributed by atoms with Crippen molar-refractivity contribution < 1.29 is 19.1 Å². The topological polar surface area (TPSA) is 101 Å². The van der Waals surface area contributed by atoms with Crippen LogP contribution in [-0.4, -0.2) is 34.7 Å². The maximum atomic E-state index is 12.1. The molecule has 2 rings (SSSR count). The lowest BCUT2D eigenvalue weighted by Crippen LogP contribution is -2.17. The van der Waals surface area contributed by atoms with Gasteiger partial charge in [-0.05, 0) is 24.6 Å². The predicted octanol–water partition coefficient (Wildman–Crippen LogP) is 1.89. The minimum Gasteiger partial charge on any atom is -0.465 e. The lowest BCUT2D eigenvalue weighted by atomic mass is 10.1. The Labute approximate surface area is 133 Å². The fraction of sp³-hybridized carbons (Fsp3) is 0.250. The number of carbonyl (C=O) groups excluding carboxylic acids is 3. The number of pyridine rings is 1. The van der Waals surface area contributed by atoms with Crippen molar-refractivity contribution >= 4 is 23.3 Å². The van der Waals surface area contributed by atoms with Crippen LogP contribution in [0.15, 0.2) is 24.5 Å². The third kappa shape index (κ3) is 3.63. The number of aromatic nitrogens is 2. The second-order valence-corrected chi connectivity index (χ2v) is 4.99. The maximum Gasteiger partial charge on any atom is 0.339 e. The van der Waals surface area contributed by atoms with Crippen molar-refractivity contribution in [1.29, 1.82) is 0 Å². The van der Waals surface area contributed by atoms with E-state index in [0.29, 0.717) is 22.6 Å². The van der Waals surface area contributed by atoms with E-state index in [1.54, 1.807) is 31.5 Å². The van der Waals surface area contributed by atoms with E-state index in [1.165, 1.54) is 14.0 Å². The summed E-state index contributed by atoms with van der Waals surface area (Å²) in [6.07, 6.45) is 3.03. The number of nitrogens with one attached hydrogen (secondary N) is 2. The highest BCUT2D eigenvalue weighted by Crippen LogP contribution is 2.21. The zero-order chi connectivity index (χ0) is 17.0. The second-order valence-electron chi connectivity index (χ2n) is 4.99. The van der Waals surface area contributed by atoms with Gasteiger partial charge < -0.3 is 15.0 Å². The number of methoxy groups -OCH3 is 1. The lowest BCUT2D eigenvalue weighted by molar-refractivity contribution is -0.115. The number of ether oxygens (including phenoxy) is 1. The van der Waals surface area contributed by atoms with E-state index in [9.17, 15) is 14.4 Å². The normalized spacial score (nSPS) is 10.2. The molecule has 0 fully saturated rings. The van der Waals surface area contributed by atoms with E-state index in [-0.39, 0.29) is 23.7 Å². The van der Waals surface area contributed by atoms with Crippen molar-refractivity contribution in [3.05, 3.63) is 47.0 Å². The van der Waals surface area contributed by atoms with Gasteiger partial charge in [0.2, 0.25) is 5.91 Å².